The minimum atomic E-state index is -1.12. The van der Waals surface area contributed by atoms with Crippen LogP contribution in [-0.2, 0) is 9.59 Å². The third kappa shape index (κ3) is 9.87. The summed E-state index contributed by atoms with van der Waals surface area (Å²) >= 11 is 0. The summed E-state index contributed by atoms with van der Waals surface area (Å²) in [6.07, 6.45) is 10.0. The molecule has 0 amide bonds. The van der Waals surface area contributed by atoms with E-state index in [1.165, 1.54) is 32.1 Å². The molecule has 0 rings (SSSR count). The molecule has 0 aromatic heterocycles. The number of rotatable bonds is 11. The standard InChI is InChI=1S/C14H24O4/c1-2-3-4-5-6-7-8-9-10-12(14(17)18)11-13(15)16/h10H,2-9,11H2,1H3,(H,15,16)(H,17,18). The fraction of sp³-hybridized carbons (Fsp3) is 0.714. The molecule has 0 saturated heterocycles. The Morgan fingerprint density at radius 1 is 0.944 bits per heavy atom. The molecule has 0 atom stereocenters. The lowest BCUT2D eigenvalue weighted by molar-refractivity contribution is -0.139. The molecule has 0 aliphatic rings. The molecule has 0 aliphatic carbocycles. The van der Waals surface area contributed by atoms with Crippen molar-refractivity contribution in [2.45, 2.75) is 64.7 Å². The van der Waals surface area contributed by atoms with Crippen molar-refractivity contribution >= 4 is 11.9 Å². The van der Waals surface area contributed by atoms with Crippen LogP contribution < -0.4 is 0 Å². The van der Waals surface area contributed by atoms with Gasteiger partial charge in [0.25, 0.3) is 0 Å². The van der Waals surface area contributed by atoms with Gasteiger partial charge in [-0.15, -0.1) is 0 Å². The maximum atomic E-state index is 10.7. The SMILES string of the molecule is CCCCCCCCCC=C(CC(=O)O)C(=O)O. The highest BCUT2D eigenvalue weighted by Gasteiger charge is 2.10. The number of carboxylic acid groups (broad SMARTS) is 2. The maximum absolute atomic E-state index is 10.7. The zero-order valence-corrected chi connectivity index (χ0v) is 11.2. The van der Waals surface area contributed by atoms with Gasteiger partial charge in [-0.2, -0.15) is 0 Å². The fourth-order valence-corrected chi connectivity index (χ4v) is 1.78. The first-order chi connectivity index (χ1) is 8.57. The van der Waals surface area contributed by atoms with E-state index in [-0.39, 0.29) is 5.57 Å². The minimum absolute atomic E-state index is 0.00603. The van der Waals surface area contributed by atoms with Crippen LogP contribution in [0.3, 0.4) is 0 Å². The Hall–Kier alpha value is -1.32. The molecule has 4 heteroatoms. The van der Waals surface area contributed by atoms with Gasteiger partial charge in [0.15, 0.2) is 0 Å². The van der Waals surface area contributed by atoms with Crippen molar-refractivity contribution in [2.75, 3.05) is 0 Å². The summed E-state index contributed by atoms with van der Waals surface area (Å²) in [6, 6.07) is 0. The lowest BCUT2D eigenvalue weighted by atomic mass is 10.1. The summed E-state index contributed by atoms with van der Waals surface area (Å²) in [5, 5.41) is 17.3. The normalized spacial score (nSPS) is 11.5. The first-order valence-corrected chi connectivity index (χ1v) is 6.72. The number of carbonyl (C=O) groups is 2. The Balaban J connectivity index is 3.70. The van der Waals surface area contributed by atoms with Gasteiger partial charge in [0.05, 0.1) is 6.42 Å². The van der Waals surface area contributed by atoms with E-state index in [4.69, 9.17) is 10.2 Å². The molecule has 0 fully saturated rings. The predicted octanol–water partition coefficient (Wildman–Crippen LogP) is 3.61. The van der Waals surface area contributed by atoms with E-state index in [0.29, 0.717) is 6.42 Å². The highest BCUT2D eigenvalue weighted by molar-refractivity contribution is 5.91. The minimum Gasteiger partial charge on any atom is -0.481 e. The molecule has 2 N–H and O–H groups in total. The zero-order valence-electron chi connectivity index (χ0n) is 11.2. The Labute approximate surface area is 109 Å². The Kier molecular flexibility index (Phi) is 10.0. The molecule has 104 valence electrons. The van der Waals surface area contributed by atoms with Gasteiger partial charge in [-0.25, -0.2) is 4.79 Å². The highest BCUT2D eigenvalue weighted by atomic mass is 16.4. The quantitative estimate of drug-likeness (QED) is 0.437. The van der Waals surface area contributed by atoms with Crippen LogP contribution in [-0.4, -0.2) is 22.2 Å². The Morgan fingerprint density at radius 2 is 1.50 bits per heavy atom. The van der Waals surface area contributed by atoms with Crippen LogP contribution >= 0.6 is 0 Å². The number of hydrogen-bond acceptors (Lipinski definition) is 2. The van der Waals surface area contributed by atoms with Crippen LogP contribution in [0.15, 0.2) is 11.6 Å². The van der Waals surface area contributed by atoms with E-state index in [1.54, 1.807) is 6.08 Å². The van der Waals surface area contributed by atoms with Crippen LogP contribution in [0.4, 0.5) is 0 Å². The molecule has 0 spiro atoms. The summed E-state index contributed by atoms with van der Waals surface area (Å²) in [4.78, 5) is 21.2. The van der Waals surface area contributed by atoms with E-state index in [9.17, 15) is 9.59 Å². The van der Waals surface area contributed by atoms with Crippen molar-refractivity contribution in [1.29, 1.82) is 0 Å². The van der Waals surface area contributed by atoms with Gasteiger partial charge >= 0.3 is 11.9 Å². The maximum Gasteiger partial charge on any atom is 0.331 e. The van der Waals surface area contributed by atoms with Gasteiger partial charge in [-0.3, -0.25) is 4.79 Å². The van der Waals surface area contributed by atoms with E-state index in [0.717, 1.165) is 12.8 Å². The highest BCUT2D eigenvalue weighted by Crippen LogP contribution is 2.11. The van der Waals surface area contributed by atoms with E-state index in [2.05, 4.69) is 6.92 Å². The molecular formula is C14H24O4. The van der Waals surface area contributed by atoms with Crippen LogP contribution in [0.5, 0.6) is 0 Å². The van der Waals surface area contributed by atoms with Crippen molar-refractivity contribution in [3.63, 3.8) is 0 Å². The molecule has 0 saturated carbocycles. The van der Waals surface area contributed by atoms with Crippen LogP contribution in [0, 0.1) is 0 Å². The summed E-state index contributed by atoms with van der Waals surface area (Å²) < 4.78 is 0. The molecular weight excluding hydrogens is 232 g/mol. The molecule has 0 heterocycles. The van der Waals surface area contributed by atoms with Crippen molar-refractivity contribution in [2.24, 2.45) is 0 Å². The second-order valence-corrected chi connectivity index (χ2v) is 4.52. The van der Waals surface area contributed by atoms with Gasteiger partial charge in [0.2, 0.25) is 0 Å². The van der Waals surface area contributed by atoms with E-state index in [1.807, 2.05) is 0 Å². The molecule has 0 aliphatic heterocycles. The summed E-state index contributed by atoms with van der Waals surface area (Å²) in [5.74, 6) is -2.22. The molecule has 0 aromatic rings. The van der Waals surface area contributed by atoms with Crippen molar-refractivity contribution < 1.29 is 19.8 Å². The number of allylic oxidation sites excluding steroid dienone is 1. The number of unbranched alkanes of at least 4 members (excludes halogenated alkanes) is 7. The average Bonchev–Trinajstić information content (AvgIpc) is 2.30. The van der Waals surface area contributed by atoms with Gasteiger partial charge in [0, 0.05) is 5.57 Å². The summed E-state index contributed by atoms with van der Waals surface area (Å²) in [6.45, 7) is 2.18. The third-order valence-corrected chi connectivity index (χ3v) is 2.81. The van der Waals surface area contributed by atoms with Crippen molar-refractivity contribution in [3.8, 4) is 0 Å². The van der Waals surface area contributed by atoms with Crippen molar-refractivity contribution in [3.05, 3.63) is 11.6 Å². The number of carboxylic acids is 2. The topological polar surface area (TPSA) is 74.6 Å². The molecule has 0 unspecified atom stereocenters. The number of aliphatic carboxylic acids is 2. The first kappa shape index (κ1) is 16.7. The zero-order chi connectivity index (χ0) is 13.8. The molecule has 4 nitrogen and oxygen atoms in total. The Morgan fingerprint density at radius 3 is 2.00 bits per heavy atom. The lowest BCUT2D eigenvalue weighted by Gasteiger charge is -2.01. The second-order valence-electron chi connectivity index (χ2n) is 4.52. The Bertz CT molecular complexity index is 282. The van der Waals surface area contributed by atoms with Gasteiger partial charge in [-0.05, 0) is 12.8 Å². The van der Waals surface area contributed by atoms with E-state index < -0.39 is 18.4 Å². The van der Waals surface area contributed by atoms with Crippen LogP contribution in [0.25, 0.3) is 0 Å². The van der Waals surface area contributed by atoms with Gasteiger partial charge in [-0.1, -0.05) is 51.5 Å². The average molecular weight is 256 g/mol. The molecule has 0 radical (unpaired) electrons. The lowest BCUT2D eigenvalue weighted by Crippen LogP contribution is -2.06. The fourth-order valence-electron chi connectivity index (χ4n) is 1.78. The monoisotopic (exact) mass is 256 g/mol. The third-order valence-electron chi connectivity index (χ3n) is 2.81. The van der Waals surface area contributed by atoms with Crippen molar-refractivity contribution in [1.82, 2.24) is 0 Å². The van der Waals surface area contributed by atoms with Gasteiger partial charge in [0.1, 0.15) is 0 Å². The van der Waals surface area contributed by atoms with Crippen LogP contribution in [0.1, 0.15) is 64.7 Å². The number of hydrogen-bond donors (Lipinski definition) is 2. The molecule has 0 aromatic carbocycles. The summed E-state index contributed by atoms with van der Waals surface area (Å²) in [7, 11) is 0. The summed E-state index contributed by atoms with van der Waals surface area (Å²) in [5.41, 5.74) is -0.00603. The largest absolute Gasteiger partial charge is 0.481 e. The van der Waals surface area contributed by atoms with Gasteiger partial charge < -0.3 is 10.2 Å². The first-order valence-electron chi connectivity index (χ1n) is 6.72. The predicted molar refractivity (Wildman–Crippen MR) is 70.6 cm³/mol. The molecule has 18 heavy (non-hydrogen) atoms. The smallest absolute Gasteiger partial charge is 0.331 e. The van der Waals surface area contributed by atoms with Crippen LogP contribution in [0.2, 0.25) is 0 Å². The molecule has 0 bridgehead atoms. The second kappa shape index (κ2) is 10.8. The van der Waals surface area contributed by atoms with E-state index >= 15 is 0 Å².